The van der Waals surface area contributed by atoms with Crippen LogP contribution < -0.4 is 10.6 Å². The Bertz CT molecular complexity index is 295. The average molecular weight is 209 g/mol. The number of hydrogen-bond donors (Lipinski definition) is 3. The lowest BCUT2D eigenvalue weighted by molar-refractivity contribution is -0.122. The van der Waals surface area contributed by atoms with Gasteiger partial charge in [0.15, 0.2) is 0 Å². The standard InChI is InChI=1S/C5H6F3N5O/c6-5(7,8)1-9-4(14)12-3-10-2-11-13-3/h2H,1H2,(H3,9,10,11,12,13,14). The molecule has 0 aliphatic rings. The monoisotopic (exact) mass is 209 g/mol. The van der Waals surface area contributed by atoms with Crippen LogP contribution in [0.2, 0.25) is 0 Å². The number of anilines is 1. The van der Waals surface area contributed by atoms with E-state index in [-0.39, 0.29) is 5.95 Å². The van der Waals surface area contributed by atoms with Crippen molar-refractivity contribution >= 4 is 12.0 Å². The van der Waals surface area contributed by atoms with E-state index in [1.807, 2.05) is 5.32 Å². The van der Waals surface area contributed by atoms with Crippen LogP contribution >= 0.6 is 0 Å². The minimum absolute atomic E-state index is 0.0234. The fraction of sp³-hybridized carbons (Fsp3) is 0.400. The van der Waals surface area contributed by atoms with E-state index in [1.54, 1.807) is 5.32 Å². The Morgan fingerprint density at radius 3 is 2.79 bits per heavy atom. The lowest BCUT2D eigenvalue weighted by atomic mass is 10.6. The molecule has 1 aromatic rings. The summed E-state index contributed by atoms with van der Waals surface area (Å²) in [6, 6.07) is -1.00. The van der Waals surface area contributed by atoms with Crippen molar-refractivity contribution in [1.82, 2.24) is 20.5 Å². The lowest BCUT2D eigenvalue weighted by Gasteiger charge is -2.07. The molecule has 0 aliphatic heterocycles. The molecule has 0 radical (unpaired) electrons. The summed E-state index contributed by atoms with van der Waals surface area (Å²) < 4.78 is 34.8. The van der Waals surface area contributed by atoms with E-state index in [0.29, 0.717) is 0 Å². The number of H-pyrrole nitrogens is 1. The van der Waals surface area contributed by atoms with E-state index in [9.17, 15) is 18.0 Å². The molecule has 14 heavy (non-hydrogen) atoms. The molecule has 0 atom stereocenters. The molecule has 9 heteroatoms. The van der Waals surface area contributed by atoms with Crippen LogP contribution in [0.1, 0.15) is 0 Å². The summed E-state index contributed by atoms with van der Waals surface area (Å²) in [4.78, 5) is 14.2. The van der Waals surface area contributed by atoms with Gasteiger partial charge in [0, 0.05) is 0 Å². The van der Waals surface area contributed by atoms with Gasteiger partial charge in [-0.2, -0.15) is 23.3 Å². The van der Waals surface area contributed by atoms with Crippen LogP contribution in [0.5, 0.6) is 0 Å². The Balaban J connectivity index is 2.30. The number of carbonyl (C=O) groups is 1. The normalized spacial score (nSPS) is 11.1. The molecular formula is C5H6F3N5O. The second-order valence-corrected chi connectivity index (χ2v) is 2.26. The highest BCUT2D eigenvalue weighted by Crippen LogP contribution is 2.12. The van der Waals surface area contributed by atoms with Gasteiger partial charge in [0.05, 0.1) is 0 Å². The first-order valence-electron chi connectivity index (χ1n) is 3.44. The highest BCUT2D eigenvalue weighted by molar-refractivity contribution is 5.87. The third kappa shape index (κ3) is 3.74. The van der Waals surface area contributed by atoms with Gasteiger partial charge in [-0.05, 0) is 0 Å². The zero-order chi connectivity index (χ0) is 10.6. The average Bonchev–Trinajstić information content (AvgIpc) is 2.52. The first-order valence-corrected chi connectivity index (χ1v) is 3.44. The fourth-order valence-electron chi connectivity index (χ4n) is 0.598. The van der Waals surface area contributed by atoms with Crippen LogP contribution in [0, 0.1) is 0 Å². The Kier molecular flexibility index (Phi) is 2.89. The maximum atomic E-state index is 11.6. The SMILES string of the molecule is O=C(NCC(F)(F)F)Nc1ncn[nH]1. The van der Waals surface area contributed by atoms with Gasteiger partial charge in [0.1, 0.15) is 12.9 Å². The summed E-state index contributed by atoms with van der Waals surface area (Å²) in [7, 11) is 0. The van der Waals surface area contributed by atoms with Gasteiger partial charge in [0.2, 0.25) is 5.95 Å². The number of nitrogens with zero attached hydrogens (tertiary/aromatic N) is 2. The number of nitrogens with one attached hydrogen (secondary N) is 3. The van der Waals surface area contributed by atoms with Gasteiger partial charge >= 0.3 is 12.2 Å². The Morgan fingerprint density at radius 2 is 2.29 bits per heavy atom. The number of halogens is 3. The zero-order valence-electron chi connectivity index (χ0n) is 6.72. The summed E-state index contributed by atoms with van der Waals surface area (Å²) >= 11 is 0. The van der Waals surface area contributed by atoms with E-state index in [1.165, 1.54) is 0 Å². The topological polar surface area (TPSA) is 82.7 Å². The van der Waals surface area contributed by atoms with Gasteiger partial charge in [-0.3, -0.25) is 5.32 Å². The third-order valence-corrected chi connectivity index (χ3v) is 1.10. The Morgan fingerprint density at radius 1 is 1.57 bits per heavy atom. The van der Waals surface area contributed by atoms with Crippen LogP contribution in [-0.2, 0) is 0 Å². The van der Waals surface area contributed by atoms with Crippen molar-refractivity contribution in [2.75, 3.05) is 11.9 Å². The largest absolute Gasteiger partial charge is 0.405 e. The molecule has 0 aliphatic carbocycles. The minimum atomic E-state index is -4.43. The molecule has 3 N–H and O–H groups in total. The molecule has 0 unspecified atom stereocenters. The summed E-state index contributed by atoms with van der Waals surface area (Å²) in [6.45, 7) is -1.40. The van der Waals surface area contributed by atoms with Crippen molar-refractivity contribution in [3.05, 3.63) is 6.33 Å². The van der Waals surface area contributed by atoms with E-state index >= 15 is 0 Å². The van der Waals surface area contributed by atoms with E-state index in [4.69, 9.17) is 0 Å². The third-order valence-electron chi connectivity index (χ3n) is 1.10. The summed E-state index contributed by atoms with van der Waals surface area (Å²) in [5, 5.41) is 9.25. The number of urea groups is 1. The quantitative estimate of drug-likeness (QED) is 0.662. The second kappa shape index (κ2) is 3.94. The van der Waals surface area contributed by atoms with Crippen molar-refractivity contribution < 1.29 is 18.0 Å². The number of aromatic amines is 1. The molecule has 0 spiro atoms. The predicted octanol–water partition coefficient (Wildman–Crippen LogP) is 0.488. The van der Waals surface area contributed by atoms with Gasteiger partial charge < -0.3 is 5.32 Å². The summed E-state index contributed by atoms with van der Waals surface area (Å²) in [6.07, 6.45) is -3.32. The number of amides is 2. The van der Waals surface area contributed by atoms with Gasteiger partial charge in [0.25, 0.3) is 0 Å². The number of hydrogen-bond acceptors (Lipinski definition) is 3. The number of alkyl halides is 3. The molecule has 0 saturated heterocycles. The molecule has 0 aromatic carbocycles. The Hall–Kier alpha value is -1.80. The van der Waals surface area contributed by atoms with Crippen molar-refractivity contribution in [1.29, 1.82) is 0 Å². The van der Waals surface area contributed by atoms with Crippen LogP contribution in [0.25, 0.3) is 0 Å². The molecule has 0 bridgehead atoms. The molecule has 1 heterocycles. The van der Waals surface area contributed by atoms with Crippen LogP contribution in [0.3, 0.4) is 0 Å². The summed E-state index contributed by atoms with van der Waals surface area (Å²) in [5.74, 6) is -0.0234. The van der Waals surface area contributed by atoms with E-state index in [0.717, 1.165) is 6.33 Å². The van der Waals surface area contributed by atoms with E-state index < -0.39 is 18.8 Å². The number of aromatic nitrogens is 3. The van der Waals surface area contributed by atoms with Crippen molar-refractivity contribution in [2.24, 2.45) is 0 Å². The molecule has 2 amide bonds. The molecule has 1 rings (SSSR count). The first kappa shape index (κ1) is 10.3. The highest BCUT2D eigenvalue weighted by atomic mass is 19.4. The van der Waals surface area contributed by atoms with Gasteiger partial charge in [-0.25, -0.2) is 9.89 Å². The van der Waals surface area contributed by atoms with Crippen molar-refractivity contribution in [2.45, 2.75) is 6.18 Å². The maximum Gasteiger partial charge on any atom is 0.405 e. The lowest BCUT2D eigenvalue weighted by Crippen LogP contribution is -2.36. The maximum absolute atomic E-state index is 11.6. The molecule has 6 nitrogen and oxygen atoms in total. The van der Waals surface area contributed by atoms with Crippen LogP contribution in [0.15, 0.2) is 6.33 Å². The highest BCUT2D eigenvalue weighted by Gasteiger charge is 2.27. The van der Waals surface area contributed by atoms with Gasteiger partial charge in [-0.1, -0.05) is 0 Å². The molecule has 1 aromatic heterocycles. The fourth-order valence-corrected chi connectivity index (χ4v) is 0.598. The van der Waals surface area contributed by atoms with Crippen molar-refractivity contribution in [3.63, 3.8) is 0 Å². The van der Waals surface area contributed by atoms with Crippen molar-refractivity contribution in [3.8, 4) is 0 Å². The van der Waals surface area contributed by atoms with Crippen LogP contribution in [-0.4, -0.2) is 33.9 Å². The molecule has 0 fully saturated rings. The molecule has 0 saturated carbocycles. The number of rotatable bonds is 2. The predicted molar refractivity (Wildman–Crippen MR) is 39.5 cm³/mol. The number of carbonyl (C=O) groups excluding carboxylic acids is 1. The zero-order valence-corrected chi connectivity index (χ0v) is 6.72. The second-order valence-electron chi connectivity index (χ2n) is 2.26. The first-order chi connectivity index (χ1) is 6.47. The molecule has 78 valence electrons. The smallest absolute Gasteiger partial charge is 0.329 e. The van der Waals surface area contributed by atoms with Gasteiger partial charge in [-0.15, -0.1) is 0 Å². The van der Waals surface area contributed by atoms with Crippen LogP contribution in [0.4, 0.5) is 23.9 Å². The molecular weight excluding hydrogens is 203 g/mol. The Labute approximate surface area is 75.9 Å². The van der Waals surface area contributed by atoms with E-state index in [2.05, 4.69) is 15.2 Å². The minimum Gasteiger partial charge on any atom is -0.329 e. The summed E-state index contributed by atoms with van der Waals surface area (Å²) in [5.41, 5.74) is 0.